The normalized spacial score (nSPS) is 17.5. The van der Waals surface area contributed by atoms with Crippen molar-refractivity contribution < 1.29 is 33.8 Å². The monoisotopic (exact) mass is 455 g/mol. The van der Waals surface area contributed by atoms with Crippen molar-refractivity contribution in [1.82, 2.24) is 9.88 Å². The van der Waals surface area contributed by atoms with Gasteiger partial charge in [-0.2, -0.15) is 0 Å². The molecule has 9 nitrogen and oxygen atoms in total. The number of hydrogen-bond acceptors (Lipinski definition) is 7. The highest BCUT2D eigenvalue weighted by atomic mass is 16.5. The van der Waals surface area contributed by atoms with Crippen molar-refractivity contribution in [2.75, 3.05) is 48.5 Å². The van der Waals surface area contributed by atoms with Crippen LogP contribution in [-0.4, -0.2) is 70.1 Å². The quantitative estimate of drug-likeness (QED) is 0.319. The molecule has 1 fully saturated rings. The van der Waals surface area contributed by atoms with Crippen LogP contribution in [0.5, 0.6) is 17.2 Å². The number of methoxy groups -OCH3 is 3. The molecule has 2 aromatic rings. The van der Waals surface area contributed by atoms with E-state index in [0.717, 1.165) is 6.54 Å². The van der Waals surface area contributed by atoms with E-state index in [2.05, 4.69) is 4.98 Å². The van der Waals surface area contributed by atoms with E-state index in [1.165, 1.54) is 55.7 Å². The largest absolute Gasteiger partial charge is 0.872 e. The van der Waals surface area contributed by atoms with Gasteiger partial charge < -0.3 is 29.1 Å². The number of rotatable bonds is 9. The average Bonchev–Trinajstić information content (AvgIpc) is 3.07. The molecule has 3 rings (SSSR count). The number of aromatic nitrogens is 1. The number of likely N-dealkylation sites (tertiary alicyclic amines) is 1. The molecule has 0 radical (unpaired) electrons. The number of pyridine rings is 1. The summed E-state index contributed by atoms with van der Waals surface area (Å²) >= 11 is 0. The zero-order valence-corrected chi connectivity index (χ0v) is 19.5. The highest BCUT2D eigenvalue weighted by molar-refractivity contribution is 6.46. The highest BCUT2D eigenvalue weighted by Crippen LogP contribution is 2.45. The van der Waals surface area contributed by atoms with Crippen LogP contribution in [0.1, 0.15) is 23.6 Å². The summed E-state index contributed by atoms with van der Waals surface area (Å²) < 4.78 is 16.3. The minimum atomic E-state index is -0.878. The third-order valence-electron chi connectivity index (χ3n) is 5.55. The Hall–Kier alpha value is -3.59. The number of ether oxygens (including phenoxy) is 3. The predicted molar refractivity (Wildman–Crippen MR) is 119 cm³/mol. The lowest BCUT2D eigenvalue weighted by Crippen LogP contribution is -3.05. The topological polar surface area (TPSA) is 105 Å². The number of amides is 1. The second-order valence-corrected chi connectivity index (χ2v) is 7.98. The molecule has 33 heavy (non-hydrogen) atoms. The van der Waals surface area contributed by atoms with Crippen LogP contribution in [0.25, 0.3) is 5.76 Å². The summed E-state index contributed by atoms with van der Waals surface area (Å²) in [6, 6.07) is 5.51. The van der Waals surface area contributed by atoms with Gasteiger partial charge in [0.1, 0.15) is 0 Å². The molecule has 1 unspecified atom stereocenters. The number of quaternary nitrogens is 1. The van der Waals surface area contributed by atoms with E-state index in [1.54, 1.807) is 12.1 Å². The van der Waals surface area contributed by atoms with Gasteiger partial charge in [0.05, 0.1) is 48.0 Å². The van der Waals surface area contributed by atoms with Crippen molar-refractivity contribution >= 4 is 17.4 Å². The molecule has 0 saturated carbocycles. The van der Waals surface area contributed by atoms with E-state index in [1.807, 2.05) is 14.1 Å². The predicted octanol–water partition coefficient (Wildman–Crippen LogP) is -0.134. The molecule has 1 atom stereocenters. The lowest BCUT2D eigenvalue weighted by atomic mass is 9.95. The fourth-order valence-corrected chi connectivity index (χ4v) is 3.97. The zero-order chi connectivity index (χ0) is 24.1. The smallest absolute Gasteiger partial charge is 0.295 e. The fraction of sp³-hybridized carbons (Fsp3) is 0.375. The van der Waals surface area contributed by atoms with Gasteiger partial charge in [-0.1, -0.05) is 5.76 Å². The van der Waals surface area contributed by atoms with Crippen LogP contribution < -0.4 is 24.2 Å². The van der Waals surface area contributed by atoms with Crippen LogP contribution in [0.4, 0.5) is 0 Å². The Morgan fingerprint density at radius 1 is 1.06 bits per heavy atom. The Bertz CT molecular complexity index is 1030. The molecule has 1 aromatic carbocycles. The van der Waals surface area contributed by atoms with Gasteiger partial charge in [-0.15, -0.1) is 0 Å². The molecule has 1 aromatic heterocycles. The molecule has 1 aliphatic heterocycles. The number of Topliss-reactive ketones (excluding diaryl/α,β-unsaturated/α-hetero) is 1. The van der Waals surface area contributed by atoms with Gasteiger partial charge >= 0.3 is 0 Å². The fourth-order valence-electron chi connectivity index (χ4n) is 3.97. The SMILES string of the molecule is COc1cc(C2C(=C([O-])c3ccncc3)C(=O)C(=O)N2CCC[NH+](C)C)cc(OC)c1OC. The van der Waals surface area contributed by atoms with Gasteiger partial charge in [-0.05, 0) is 35.4 Å². The van der Waals surface area contributed by atoms with Crippen molar-refractivity contribution in [2.45, 2.75) is 12.5 Å². The van der Waals surface area contributed by atoms with E-state index in [-0.39, 0.29) is 11.1 Å². The van der Waals surface area contributed by atoms with Crippen LogP contribution >= 0.6 is 0 Å². The molecule has 1 aliphatic rings. The Balaban J connectivity index is 2.20. The van der Waals surface area contributed by atoms with E-state index in [0.29, 0.717) is 35.8 Å². The summed E-state index contributed by atoms with van der Waals surface area (Å²) in [5.74, 6) is -0.883. The van der Waals surface area contributed by atoms with Crippen molar-refractivity contribution in [1.29, 1.82) is 0 Å². The minimum Gasteiger partial charge on any atom is -0.872 e. The summed E-state index contributed by atoms with van der Waals surface area (Å²) in [5, 5.41) is 13.4. The number of nitrogens with zero attached hydrogens (tertiary/aromatic N) is 2. The summed E-state index contributed by atoms with van der Waals surface area (Å²) in [6.45, 7) is 1.12. The maximum absolute atomic E-state index is 13.4. The molecule has 176 valence electrons. The zero-order valence-electron chi connectivity index (χ0n) is 19.5. The number of carbonyl (C=O) groups excluding carboxylic acids is 2. The molecular weight excluding hydrogens is 426 g/mol. The van der Waals surface area contributed by atoms with Gasteiger partial charge in [-0.3, -0.25) is 14.6 Å². The Morgan fingerprint density at radius 3 is 2.18 bits per heavy atom. The Kier molecular flexibility index (Phi) is 7.55. The molecule has 0 spiro atoms. The first-order valence-electron chi connectivity index (χ1n) is 10.6. The molecular formula is C24H29N3O6. The molecule has 2 heterocycles. The first-order valence-corrected chi connectivity index (χ1v) is 10.6. The van der Waals surface area contributed by atoms with Crippen molar-refractivity contribution in [3.63, 3.8) is 0 Å². The number of nitrogens with one attached hydrogen (secondary N) is 1. The maximum atomic E-state index is 13.4. The lowest BCUT2D eigenvalue weighted by molar-refractivity contribution is -0.858. The Labute approximate surface area is 193 Å². The van der Waals surface area contributed by atoms with Crippen molar-refractivity contribution in [2.24, 2.45) is 0 Å². The van der Waals surface area contributed by atoms with E-state index in [9.17, 15) is 14.7 Å². The molecule has 1 amide bonds. The highest BCUT2D eigenvalue weighted by Gasteiger charge is 2.44. The number of benzene rings is 1. The van der Waals surface area contributed by atoms with Crippen molar-refractivity contribution in [3.8, 4) is 17.2 Å². The number of ketones is 1. The maximum Gasteiger partial charge on any atom is 0.295 e. The average molecular weight is 456 g/mol. The lowest BCUT2D eigenvalue weighted by Gasteiger charge is -2.28. The van der Waals surface area contributed by atoms with Crippen LogP contribution in [0.3, 0.4) is 0 Å². The van der Waals surface area contributed by atoms with Crippen LogP contribution in [0.2, 0.25) is 0 Å². The third-order valence-corrected chi connectivity index (χ3v) is 5.55. The standard InChI is InChI=1S/C24H29N3O6/c1-26(2)11-6-12-27-20(16-13-17(31-3)23(33-5)18(14-16)32-4)19(22(29)24(27)30)21(28)15-7-9-25-10-8-15/h7-10,13-14,20,28H,6,11-12H2,1-5H3. The van der Waals surface area contributed by atoms with Crippen molar-refractivity contribution in [3.05, 3.63) is 53.4 Å². The summed E-state index contributed by atoms with van der Waals surface area (Å²) in [7, 11) is 8.48. The molecule has 0 bridgehead atoms. The van der Waals surface area contributed by atoms with Crippen LogP contribution in [-0.2, 0) is 9.59 Å². The molecule has 9 heteroatoms. The first kappa shape index (κ1) is 24.1. The van der Waals surface area contributed by atoms with Crippen LogP contribution in [0.15, 0.2) is 42.2 Å². The summed E-state index contributed by atoms with van der Waals surface area (Å²) in [6.07, 6.45) is 3.61. The minimum absolute atomic E-state index is 0.0994. The van der Waals surface area contributed by atoms with Crippen LogP contribution in [0, 0.1) is 0 Å². The Morgan fingerprint density at radius 2 is 1.67 bits per heavy atom. The summed E-state index contributed by atoms with van der Waals surface area (Å²) in [5.41, 5.74) is 0.717. The molecule has 1 N–H and O–H groups in total. The molecule has 1 saturated heterocycles. The van der Waals surface area contributed by atoms with E-state index >= 15 is 0 Å². The third kappa shape index (κ3) is 4.78. The number of hydrogen-bond donors (Lipinski definition) is 1. The van der Waals surface area contributed by atoms with Gasteiger partial charge in [0, 0.05) is 30.9 Å². The number of carbonyl (C=O) groups is 2. The first-order chi connectivity index (χ1) is 15.8. The second-order valence-electron chi connectivity index (χ2n) is 7.98. The van der Waals surface area contributed by atoms with Gasteiger partial charge in [-0.25, -0.2) is 0 Å². The van der Waals surface area contributed by atoms with E-state index in [4.69, 9.17) is 14.2 Å². The van der Waals surface area contributed by atoms with Gasteiger partial charge in [0.2, 0.25) is 11.5 Å². The van der Waals surface area contributed by atoms with Gasteiger partial charge in [0.25, 0.3) is 5.91 Å². The summed E-state index contributed by atoms with van der Waals surface area (Å²) in [4.78, 5) is 32.7. The molecule has 0 aliphatic carbocycles. The van der Waals surface area contributed by atoms with Gasteiger partial charge in [0.15, 0.2) is 11.5 Å². The van der Waals surface area contributed by atoms with E-state index < -0.39 is 23.5 Å². The second kappa shape index (κ2) is 10.4.